The van der Waals surface area contributed by atoms with Gasteiger partial charge in [-0.15, -0.1) is 0 Å². The lowest BCUT2D eigenvalue weighted by molar-refractivity contribution is -0.116. The number of ether oxygens (including phenoxy) is 1. The summed E-state index contributed by atoms with van der Waals surface area (Å²) in [7, 11) is 0. The largest absolute Gasteiger partial charge is 0.492 e. The summed E-state index contributed by atoms with van der Waals surface area (Å²) in [5.41, 5.74) is 6.97. The minimum atomic E-state index is -0.00859. The van der Waals surface area contributed by atoms with Gasteiger partial charge in [0.15, 0.2) is 0 Å². The Morgan fingerprint density at radius 2 is 2.18 bits per heavy atom. The molecule has 1 amide bonds. The summed E-state index contributed by atoms with van der Waals surface area (Å²) >= 11 is 0. The number of rotatable bonds is 5. The lowest BCUT2D eigenvalue weighted by Gasteiger charge is -2.12. The van der Waals surface area contributed by atoms with Crippen molar-refractivity contribution in [3.63, 3.8) is 0 Å². The van der Waals surface area contributed by atoms with Crippen LogP contribution in [0.4, 0.5) is 11.4 Å². The summed E-state index contributed by atoms with van der Waals surface area (Å²) in [6.45, 7) is 6.44. The van der Waals surface area contributed by atoms with Crippen molar-refractivity contribution in [2.75, 3.05) is 17.7 Å². The van der Waals surface area contributed by atoms with E-state index >= 15 is 0 Å². The van der Waals surface area contributed by atoms with Gasteiger partial charge in [-0.3, -0.25) is 4.79 Å². The summed E-state index contributed by atoms with van der Waals surface area (Å²) < 4.78 is 5.43. The van der Waals surface area contributed by atoms with E-state index in [4.69, 9.17) is 10.5 Å². The third kappa shape index (κ3) is 4.34. The summed E-state index contributed by atoms with van der Waals surface area (Å²) in [5, 5.41) is 2.83. The molecule has 0 aromatic heterocycles. The molecule has 0 aliphatic carbocycles. The number of hydrogen-bond acceptors (Lipinski definition) is 3. The molecule has 4 heteroatoms. The van der Waals surface area contributed by atoms with Gasteiger partial charge >= 0.3 is 0 Å². The molecule has 1 aromatic carbocycles. The number of nitrogen functional groups attached to an aromatic ring is 1. The number of carbonyl (C=O) groups excluding carboxylic acids is 1. The van der Waals surface area contributed by atoms with Crippen molar-refractivity contribution in [3.8, 4) is 5.75 Å². The molecule has 0 fully saturated rings. The van der Waals surface area contributed by atoms with E-state index in [1.54, 1.807) is 18.2 Å². The topological polar surface area (TPSA) is 64.3 Å². The predicted octanol–water partition coefficient (Wildman–Crippen LogP) is 2.65. The molecule has 0 unspecified atom stereocenters. The average Bonchev–Trinajstić information content (AvgIpc) is 2.21. The van der Waals surface area contributed by atoms with Crippen LogP contribution in [0.15, 0.2) is 18.2 Å². The first-order valence-electron chi connectivity index (χ1n) is 5.85. The molecule has 4 nitrogen and oxygen atoms in total. The Hall–Kier alpha value is -1.71. The van der Waals surface area contributed by atoms with Crippen LogP contribution in [0.3, 0.4) is 0 Å². The Bertz CT molecular complexity index is 389. The van der Waals surface area contributed by atoms with Crippen LogP contribution in [0.2, 0.25) is 0 Å². The van der Waals surface area contributed by atoms with E-state index in [1.807, 2.05) is 20.8 Å². The molecule has 0 atom stereocenters. The van der Waals surface area contributed by atoms with Crippen LogP contribution in [-0.4, -0.2) is 12.5 Å². The van der Waals surface area contributed by atoms with E-state index in [2.05, 4.69) is 5.32 Å². The van der Waals surface area contributed by atoms with Gasteiger partial charge in [-0.2, -0.15) is 0 Å². The minimum Gasteiger partial charge on any atom is -0.492 e. The van der Waals surface area contributed by atoms with Crippen LogP contribution < -0.4 is 15.8 Å². The highest BCUT2D eigenvalue weighted by Crippen LogP contribution is 2.27. The molecule has 0 heterocycles. The highest BCUT2D eigenvalue weighted by molar-refractivity contribution is 5.92. The van der Waals surface area contributed by atoms with Crippen LogP contribution in [0, 0.1) is 5.92 Å². The quantitative estimate of drug-likeness (QED) is 0.772. The van der Waals surface area contributed by atoms with E-state index < -0.39 is 0 Å². The number of benzene rings is 1. The third-order valence-corrected chi connectivity index (χ3v) is 2.17. The Morgan fingerprint density at radius 3 is 2.76 bits per heavy atom. The number of anilines is 2. The van der Waals surface area contributed by atoms with Gasteiger partial charge in [0.25, 0.3) is 0 Å². The molecule has 1 rings (SSSR count). The molecule has 1 aromatic rings. The predicted molar refractivity (Wildman–Crippen MR) is 70.1 cm³/mol. The van der Waals surface area contributed by atoms with Crippen LogP contribution in [0.25, 0.3) is 0 Å². The van der Waals surface area contributed by atoms with Crippen LogP contribution in [-0.2, 0) is 4.79 Å². The first-order valence-corrected chi connectivity index (χ1v) is 5.85. The van der Waals surface area contributed by atoms with E-state index in [9.17, 15) is 4.79 Å². The van der Waals surface area contributed by atoms with Gasteiger partial charge in [-0.05, 0) is 25.0 Å². The maximum absolute atomic E-state index is 11.7. The van der Waals surface area contributed by atoms with E-state index in [0.29, 0.717) is 36.1 Å². The van der Waals surface area contributed by atoms with Crippen molar-refractivity contribution in [2.45, 2.75) is 27.2 Å². The van der Waals surface area contributed by atoms with E-state index in [-0.39, 0.29) is 5.91 Å². The van der Waals surface area contributed by atoms with Gasteiger partial charge in [0.1, 0.15) is 5.75 Å². The molecule has 0 aliphatic heterocycles. The van der Waals surface area contributed by atoms with Gasteiger partial charge in [-0.25, -0.2) is 0 Å². The fourth-order valence-electron chi connectivity index (χ4n) is 1.49. The monoisotopic (exact) mass is 236 g/mol. The van der Waals surface area contributed by atoms with Crippen LogP contribution in [0.1, 0.15) is 27.2 Å². The molecular weight excluding hydrogens is 216 g/mol. The first-order chi connectivity index (χ1) is 8.02. The first kappa shape index (κ1) is 13.4. The highest BCUT2D eigenvalue weighted by atomic mass is 16.5. The Morgan fingerprint density at radius 1 is 1.47 bits per heavy atom. The maximum Gasteiger partial charge on any atom is 0.224 e. The van der Waals surface area contributed by atoms with Crippen LogP contribution in [0.5, 0.6) is 5.75 Å². The standard InChI is InChI=1S/C13H20N2O2/c1-4-17-12-8-10(14)5-6-11(12)15-13(16)7-9(2)3/h5-6,8-9H,4,7,14H2,1-3H3,(H,15,16). The molecule has 3 N–H and O–H groups in total. The summed E-state index contributed by atoms with van der Waals surface area (Å²) in [6.07, 6.45) is 0.496. The van der Waals surface area contributed by atoms with Crippen molar-refractivity contribution in [1.82, 2.24) is 0 Å². The fraction of sp³-hybridized carbons (Fsp3) is 0.462. The molecule has 0 radical (unpaired) electrons. The summed E-state index contributed by atoms with van der Waals surface area (Å²) in [5.74, 6) is 0.939. The van der Waals surface area contributed by atoms with Gasteiger partial charge in [0.05, 0.1) is 12.3 Å². The third-order valence-electron chi connectivity index (χ3n) is 2.17. The highest BCUT2D eigenvalue weighted by Gasteiger charge is 2.09. The number of amides is 1. The van der Waals surface area contributed by atoms with Crippen molar-refractivity contribution < 1.29 is 9.53 Å². The lowest BCUT2D eigenvalue weighted by Crippen LogP contribution is -2.14. The second kappa shape index (κ2) is 6.13. The number of nitrogens with one attached hydrogen (secondary N) is 1. The van der Waals surface area contributed by atoms with Crippen molar-refractivity contribution in [1.29, 1.82) is 0 Å². The number of carbonyl (C=O) groups is 1. The Kier molecular flexibility index (Phi) is 4.82. The molecule has 0 saturated heterocycles. The summed E-state index contributed by atoms with van der Waals surface area (Å²) in [4.78, 5) is 11.7. The van der Waals surface area contributed by atoms with Gasteiger partial charge < -0.3 is 15.8 Å². The normalized spacial score (nSPS) is 10.4. The molecule has 0 bridgehead atoms. The van der Waals surface area contributed by atoms with Gasteiger partial charge in [0, 0.05) is 18.2 Å². The Labute approximate surface area is 102 Å². The lowest BCUT2D eigenvalue weighted by atomic mass is 10.1. The zero-order chi connectivity index (χ0) is 12.8. The van der Waals surface area contributed by atoms with Crippen molar-refractivity contribution in [3.05, 3.63) is 18.2 Å². The molecule has 0 aliphatic rings. The zero-order valence-electron chi connectivity index (χ0n) is 10.6. The number of hydrogen-bond donors (Lipinski definition) is 2. The van der Waals surface area contributed by atoms with E-state index in [0.717, 1.165) is 0 Å². The molecular formula is C13H20N2O2. The maximum atomic E-state index is 11.7. The smallest absolute Gasteiger partial charge is 0.224 e. The fourth-order valence-corrected chi connectivity index (χ4v) is 1.49. The summed E-state index contributed by atoms with van der Waals surface area (Å²) in [6, 6.07) is 5.22. The molecule has 0 spiro atoms. The molecule has 0 saturated carbocycles. The molecule has 17 heavy (non-hydrogen) atoms. The van der Waals surface area contributed by atoms with Gasteiger partial charge in [0.2, 0.25) is 5.91 Å². The second-order valence-electron chi connectivity index (χ2n) is 4.33. The minimum absolute atomic E-state index is 0.00859. The van der Waals surface area contributed by atoms with Gasteiger partial charge in [-0.1, -0.05) is 13.8 Å². The van der Waals surface area contributed by atoms with E-state index in [1.165, 1.54) is 0 Å². The average molecular weight is 236 g/mol. The second-order valence-corrected chi connectivity index (χ2v) is 4.33. The Balaban J connectivity index is 2.79. The zero-order valence-corrected chi connectivity index (χ0v) is 10.6. The van der Waals surface area contributed by atoms with Crippen LogP contribution >= 0.6 is 0 Å². The van der Waals surface area contributed by atoms with Crippen molar-refractivity contribution >= 4 is 17.3 Å². The molecule has 94 valence electrons. The van der Waals surface area contributed by atoms with Crippen molar-refractivity contribution in [2.24, 2.45) is 5.92 Å². The number of nitrogens with two attached hydrogens (primary N) is 1. The SMILES string of the molecule is CCOc1cc(N)ccc1NC(=O)CC(C)C.